The minimum atomic E-state index is -4.64. The highest BCUT2D eigenvalue weighted by atomic mass is 32.2. The van der Waals surface area contributed by atoms with Crippen molar-refractivity contribution in [3.05, 3.63) is 135 Å². The summed E-state index contributed by atoms with van der Waals surface area (Å²) in [5, 5.41) is 26.9. The summed E-state index contributed by atoms with van der Waals surface area (Å²) in [6.07, 6.45) is 9.35. The Morgan fingerprint density at radius 2 is 1.76 bits per heavy atom. The smallest absolute Gasteiger partial charge is 0.293 e. The summed E-state index contributed by atoms with van der Waals surface area (Å²) < 4.78 is 49.3. The van der Waals surface area contributed by atoms with Gasteiger partial charge in [0.25, 0.3) is 21.6 Å². The summed E-state index contributed by atoms with van der Waals surface area (Å²) >= 11 is 0. The highest BCUT2D eigenvalue weighted by Crippen LogP contribution is 2.55. The second-order valence-electron chi connectivity index (χ2n) is 25.1. The molecular weight excluding hydrogens is 1060 g/mol. The molecule has 3 saturated heterocycles. The minimum absolute atomic E-state index is 0.110. The maximum Gasteiger partial charge on any atom is 0.293 e. The number of nitro benzene ring substituents is 1. The molecule has 4 aliphatic heterocycles. The third-order valence-electron chi connectivity index (χ3n) is 19.0. The number of rotatable bonds is 16. The molecule has 18 nitrogen and oxygen atoms in total. The maximum atomic E-state index is 14.8. The first-order chi connectivity index (χ1) is 39.5. The highest BCUT2D eigenvalue weighted by molar-refractivity contribution is 7.90. The molecule has 1 amide bonds. The minimum Gasteiger partial charge on any atom is -0.496 e. The molecular formula is C63H75N9O9S. The van der Waals surface area contributed by atoms with E-state index < -0.39 is 43.1 Å². The number of fused-ring (bicyclic) bond motifs is 3. The Hall–Kier alpha value is -6.77. The zero-order chi connectivity index (χ0) is 56.7. The number of carbonyl (C=O) groups is 1. The van der Waals surface area contributed by atoms with Crippen LogP contribution in [0.1, 0.15) is 129 Å². The van der Waals surface area contributed by atoms with E-state index in [0.29, 0.717) is 79.8 Å². The van der Waals surface area contributed by atoms with Crippen LogP contribution in [0.15, 0.2) is 102 Å². The van der Waals surface area contributed by atoms with Crippen LogP contribution in [0.4, 0.5) is 28.4 Å². The molecule has 0 bridgehead atoms. The van der Waals surface area contributed by atoms with Gasteiger partial charge >= 0.3 is 0 Å². The number of anilines is 4. The number of ether oxygens (including phenoxy) is 3. The first-order valence-corrected chi connectivity index (χ1v) is 31.0. The van der Waals surface area contributed by atoms with Crippen molar-refractivity contribution in [2.24, 2.45) is 11.3 Å². The topological polar surface area (TPSA) is 208 Å². The summed E-state index contributed by atoms with van der Waals surface area (Å²) in [4.78, 5) is 44.2. The number of H-pyrrole nitrogens is 1. The standard InChI is InChI=1S/C63H75N9O9S/c1-39(2)47-7-5-6-8-49(47)56-35-68(34-41-9-14-48(42-10-11-42)57(27-41)79-4)24-25-70(56)45-31-63(32-45)37-69(38-63)44-12-15-50(53(29-44)71-52-20-26-80-36-58(52)81-61-55(71)28-43-19-23-64-59(43)66-61)60(73)67-82(77,78)46-13-16-51(54(30-46)72(75)76)65-33-40-17-21-62(3,74)22-18-40/h5-9,12-16,19,23,27-30,39-40,42,45,52,56,58,65,74H,10-11,17-18,20-22,24-26,31-38H2,1-4H3,(H,64,66)(H,67,73)/t40-,52-,56-,58-,62-/m0/s1. The van der Waals surface area contributed by atoms with Crippen LogP contribution in [0, 0.1) is 21.4 Å². The highest BCUT2D eigenvalue weighted by Gasteiger charge is 2.55. The summed E-state index contributed by atoms with van der Waals surface area (Å²) in [5.41, 5.74) is 7.40. The number of amides is 1. The number of aromatic nitrogens is 2. The molecule has 13 rings (SSSR count). The van der Waals surface area contributed by atoms with E-state index in [1.807, 2.05) is 37.4 Å². The molecule has 3 aliphatic carbocycles. The van der Waals surface area contributed by atoms with E-state index in [0.717, 1.165) is 87.8 Å². The van der Waals surface area contributed by atoms with Gasteiger partial charge in [-0.1, -0.05) is 50.2 Å². The van der Waals surface area contributed by atoms with E-state index in [9.17, 15) is 28.4 Å². The van der Waals surface area contributed by atoms with Crippen LogP contribution in [0.25, 0.3) is 11.0 Å². The summed E-state index contributed by atoms with van der Waals surface area (Å²) in [7, 11) is -2.85. The summed E-state index contributed by atoms with van der Waals surface area (Å²) in [6, 6.07) is 29.4. The van der Waals surface area contributed by atoms with Crippen LogP contribution in [0.3, 0.4) is 0 Å². The third-order valence-corrected chi connectivity index (χ3v) is 20.3. The fourth-order valence-corrected chi connectivity index (χ4v) is 15.3. The lowest BCUT2D eigenvalue weighted by molar-refractivity contribution is -0.384. The number of hydrogen-bond donors (Lipinski definition) is 4. The molecule has 19 heteroatoms. The number of aliphatic hydroxyl groups is 1. The van der Waals surface area contributed by atoms with Crippen LogP contribution in [-0.2, 0) is 21.3 Å². The molecule has 6 aromatic rings. The lowest BCUT2D eigenvalue weighted by Crippen LogP contribution is -2.68. The van der Waals surface area contributed by atoms with Crippen LogP contribution >= 0.6 is 0 Å². The van der Waals surface area contributed by atoms with Gasteiger partial charge in [0.1, 0.15) is 28.9 Å². The summed E-state index contributed by atoms with van der Waals surface area (Å²) in [6.45, 7) is 13.0. The lowest BCUT2D eigenvalue weighted by atomic mass is 9.59. The van der Waals surface area contributed by atoms with Crippen molar-refractivity contribution in [2.75, 3.05) is 74.7 Å². The van der Waals surface area contributed by atoms with Gasteiger partial charge in [-0.2, -0.15) is 4.98 Å². The van der Waals surface area contributed by atoms with Crippen molar-refractivity contribution in [3.63, 3.8) is 0 Å². The van der Waals surface area contributed by atoms with Crippen molar-refractivity contribution in [2.45, 2.75) is 132 Å². The number of aromatic amines is 1. The fourth-order valence-electron chi connectivity index (χ4n) is 14.3. The van der Waals surface area contributed by atoms with Gasteiger partial charge < -0.3 is 39.4 Å². The Labute approximate surface area is 479 Å². The number of carbonyl (C=O) groups excluding carboxylic acids is 1. The van der Waals surface area contributed by atoms with Gasteiger partial charge in [-0.05, 0) is 153 Å². The molecule has 82 heavy (non-hydrogen) atoms. The van der Waals surface area contributed by atoms with Gasteiger partial charge in [0.15, 0.2) is 0 Å². The van der Waals surface area contributed by atoms with Crippen LogP contribution in [-0.4, -0.2) is 128 Å². The van der Waals surface area contributed by atoms with E-state index in [1.165, 1.54) is 47.2 Å². The van der Waals surface area contributed by atoms with Gasteiger partial charge in [0.05, 0.1) is 46.4 Å². The second-order valence-corrected chi connectivity index (χ2v) is 26.8. The number of nitrogens with zero attached hydrogens (tertiary/aromatic N) is 6. The second kappa shape index (κ2) is 21.4. The van der Waals surface area contributed by atoms with Gasteiger partial charge in [-0.25, -0.2) is 13.1 Å². The molecule has 2 aromatic heterocycles. The maximum absolute atomic E-state index is 14.8. The lowest BCUT2D eigenvalue weighted by Gasteiger charge is -2.63. The fraction of sp³-hybridized carbons (Fsp3) is 0.492. The van der Waals surface area contributed by atoms with Crippen LogP contribution in [0.5, 0.6) is 11.6 Å². The largest absolute Gasteiger partial charge is 0.496 e. The van der Waals surface area contributed by atoms with Crippen LogP contribution in [0.2, 0.25) is 0 Å². The van der Waals surface area contributed by atoms with Gasteiger partial charge in [0, 0.05) is 93.3 Å². The van der Waals surface area contributed by atoms with Crippen molar-refractivity contribution >= 4 is 55.4 Å². The van der Waals surface area contributed by atoms with Crippen molar-refractivity contribution in [1.82, 2.24) is 24.5 Å². The monoisotopic (exact) mass is 1130 g/mol. The number of pyridine rings is 1. The van der Waals surface area contributed by atoms with E-state index in [-0.39, 0.29) is 34.7 Å². The molecule has 4 N–H and O–H groups in total. The Balaban J connectivity index is 0.761. The van der Waals surface area contributed by atoms with Gasteiger partial charge in [-0.15, -0.1) is 0 Å². The first kappa shape index (κ1) is 54.5. The number of nitro groups is 1. The summed E-state index contributed by atoms with van der Waals surface area (Å²) in [5.74, 6) is 1.71. The van der Waals surface area contributed by atoms with Gasteiger partial charge in [0.2, 0.25) is 5.88 Å². The molecule has 3 saturated carbocycles. The molecule has 0 unspecified atom stereocenters. The molecule has 4 aromatic carbocycles. The number of hydrogen-bond acceptors (Lipinski definition) is 15. The molecule has 432 valence electrons. The number of sulfonamides is 1. The van der Waals surface area contributed by atoms with E-state index >= 15 is 0 Å². The molecule has 6 heterocycles. The van der Waals surface area contributed by atoms with E-state index in [4.69, 9.17) is 19.2 Å². The Morgan fingerprint density at radius 1 is 0.951 bits per heavy atom. The number of methoxy groups -OCH3 is 1. The molecule has 1 spiro atoms. The number of piperazine rings is 1. The Morgan fingerprint density at radius 3 is 2.52 bits per heavy atom. The number of nitrogens with one attached hydrogen (secondary N) is 3. The van der Waals surface area contributed by atoms with E-state index in [1.54, 1.807) is 13.2 Å². The first-order valence-electron chi connectivity index (χ1n) is 29.5. The van der Waals surface area contributed by atoms with Crippen molar-refractivity contribution in [1.29, 1.82) is 0 Å². The van der Waals surface area contributed by atoms with E-state index in [2.05, 4.69) is 90.9 Å². The van der Waals surface area contributed by atoms with Gasteiger partial charge in [-0.3, -0.25) is 24.7 Å². The zero-order valence-electron chi connectivity index (χ0n) is 47.3. The van der Waals surface area contributed by atoms with Crippen molar-refractivity contribution < 1.29 is 37.5 Å². The quantitative estimate of drug-likeness (QED) is 0.0525. The molecule has 3 atom stereocenters. The average Bonchev–Trinajstić information content (AvgIpc) is 4.38. The molecule has 0 radical (unpaired) electrons. The third kappa shape index (κ3) is 10.6. The predicted octanol–water partition coefficient (Wildman–Crippen LogP) is 10.2. The predicted molar refractivity (Wildman–Crippen MR) is 315 cm³/mol. The zero-order valence-corrected chi connectivity index (χ0v) is 48.1. The Kier molecular flexibility index (Phi) is 14.3. The van der Waals surface area contributed by atoms with Crippen LogP contribution < -0.4 is 29.3 Å². The molecule has 6 fully saturated rings. The van der Waals surface area contributed by atoms with Crippen molar-refractivity contribution in [3.8, 4) is 11.6 Å². The normalized spacial score (nSPS) is 24.8. The SMILES string of the molecule is COc1cc(CN2CCN(C3CC4(C3)CN(c3ccc(C(=O)NS(=O)(=O)c5ccc(NC[C@H]6CC[C@](C)(O)CC6)c([N+](=O)[O-])c5)c(N5c6cc7cc[nH]c7nc6O[C@H]6COCC[C@@H]65)c3)C4)[C@H](c3ccccc3C(C)C)C2)ccc1C1CC1. The number of benzene rings is 4. The molecule has 7 aliphatic rings. The average molecular weight is 1130 g/mol. The Bertz CT molecular complexity index is 3520.